The summed E-state index contributed by atoms with van der Waals surface area (Å²) in [5.74, 6) is 5.47. The second-order valence-corrected chi connectivity index (χ2v) is 15.5. The van der Waals surface area contributed by atoms with Crippen molar-refractivity contribution >= 4 is 64.6 Å². The van der Waals surface area contributed by atoms with Gasteiger partial charge in [0.2, 0.25) is 0 Å². The first-order valence-corrected chi connectivity index (χ1v) is 22.1. The summed E-state index contributed by atoms with van der Waals surface area (Å²) in [5.41, 5.74) is 5.08. The van der Waals surface area contributed by atoms with E-state index < -0.39 is 27.0 Å². The fourth-order valence-electron chi connectivity index (χ4n) is 3.79. The van der Waals surface area contributed by atoms with Gasteiger partial charge in [-0.2, -0.15) is 35.3 Å². The number of thioether (sulfide) groups is 3. The largest absolute Gasteiger partial charge is 0.519 e. The van der Waals surface area contributed by atoms with Crippen LogP contribution in [0.4, 0.5) is 26.7 Å². The number of nitrogens with one attached hydrogen (secondary N) is 1. The molecule has 3 aromatic rings. The number of hydrogen-bond acceptors (Lipinski definition) is 16. The maximum absolute atomic E-state index is 11.5. The highest BCUT2D eigenvalue weighted by molar-refractivity contribution is 7.98. The summed E-state index contributed by atoms with van der Waals surface area (Å²) >= 11 is 5.50. The van der Waals surface area contributed by atoms with Gasteiger partial charge in [0.05, 0.1) is 14.8 Å². The first-order chi connectivity index (χ1) is 27.6. The van der Waals surface area contributed by atoms with Crippen LogP contribution in [0.15, 0.2) is 72.8 Å². The zero-order valence-electron chi connectivity index (χ0n) is 33.6. The number of carbonyl (C=O) groups excluding carboxylic acids is 2. The number of nitro benzene ring substituents is 3. The van der Waals surface area contributed by atoms with Crippen molar-refractivity contribution in [1.82, 2.24) is 5.32 Å². The highest BCUT2D eigenvalue weighted by Crippen LogP contribution is 2.21. The van der Waals surface area contributed by atoms with Crippen molar-refractivity contribution in [3.8, 4) is 17.2 Å². The second-order valence-electron chi connectivity index (χ2n) is 12.6. The summed E-state index contributed by atoms with van der Waals surface area (Å²) in [6, 6.07) is 15.1. The molecule has 0 saturated carbocycles. The van der Waals surface area contributed by atoms with Gasteiger partial charge in [-0.3, -0.25) is 30.3 Å². The lowest BCUT2D eigenvalue weighted by Crippen LogP contribution is -2.31. The molecule has 3 rings (SSSR count). The van der Waals surface area contributed by atoms with Crippen molar-refractivity contribution in [3.05, 3.63) is 103 Å². The lowest BCUT2D eigenvalue weighted by molar-refractivity contribution is -0.385. The van der Waals surface area contributed by atoms with Crippen molar-refractivity contribution in [2.24, 2.45) is 23.5 Å². The van der Waals surface area contributed by atoms with E-state index >= 15 is 0 Å². The molecule has 0 radical (unpaired) electrons. The van der Waals surface area contributed by atoms with Gasteiger partial charge in [0.1, 0.15) is 17.2 Å². The zero-order chi connectivity index (χ0) is 43.9. The van der Waals surface area contributed by atoms with Crippen LogP contribution in [0.25, 0.3) is 0 Å². The van der Waals surface area contributed by atoms with Gasteiger partial charge < -0.3 is 30.4 Å². The van der Waals surface area contributed by atoms with Crippen LogP contribution < -0.4 is 25.3 Å². The molecule has 1 amide bonds. The fraction of sp³-hybridized carbons (Fsp3) is 0.474. The minimum Gasteiger partial charge on any atom is -0.410 e. The number of aliphatic hydroxyl groups is 1. The molecule has 3 atom stereocenters. The molecule has 0 aliphatic rings. The number of carbonyl (C=O) groups is 2. The lowest BCUT2D eigenvalue weighted by atomic mass is 10.1. The molecule has 58 heavy (non-hydrogen) atoms. The number of nitrogens with zero attached hydrogens (tertiary/aromatic N) is 3. The van der Waals surface area contributed by atoms with Crippen molar-refractivity contribution in [2.75, 3.05) is 55.7 Å². The van der Waals surface area contributed by atoms with E-state index in [1.54, 1.807) is 11.8 Å². The first kappa shape index (κ1) is 53.4. The molecule has 3 aromatic carbocycles. The lowest BCUT2D eigenvalue weighted by Gasteiger charge is -2.11. The number of amides is 1. The highest BCUT2D eigenvalue weighted by Gasteiger charge is 2.12. The molecule has 20 heteroatoms. The fourth-order valence-corrected chi connectivity index (χ4v) is 5.70. The molecule has 0 aliphatic heterocycles. The van der Waals surface area contributed by atoms with Crippen LogP contribution in [-0.4, -0.2) is 87.8 Å². The summed E-state index contributed by atoms with van der Waals surface area (Å²) in [6.45, 7) is 8.03. The van der Waals surface area contributed by atoms with Crippen molar-refractivity contribution in [3.63, 3.8) is 0 Å². The Morgan fingerprint density at radius 3 is 1.26 bits per heavy atom. The molecule has 0 bridgehead atoms. The zero-order valence-corrected chi connectivity index (χ0v) is 36.1. The van der Waals surface area contributed by atoms with Crippen LogP contribution in [-0.2, 0) is 0 Å². The highest BCUT2D eigenvalue weighted by atomic mass is 32.2. The molecule has 17 nitrogen and oxygen atoms in total. The predicted octanol–water partition coefficient (Wildman–Crippen LogP) is 8.86. The van der Waals surface area contributed by atoms with E-state index in [2.05, 4.69) is 38.6 Å². The predicted molar refractivity (Wildman–Crippen MR) is 233 cm³/mol. The molecule has 4 N–H and O–H groups in total. The molecule has 0 unspecified atom stereocenters. The standard InChI is InChI=1S/C13H8N2O7.C13H18N2O4S.C6H15NS.C6H14OS/c16-13(21-11-5-1-9(2-6-11)14(17)18)22-12-7-3-10(4-8-12)15(19)20;1-10(7-8-20-2)9-14-13(16)19-12-5-3-11(4-6-12)15(17)18;2*1-6(5-7)3-4-8-2/h1-8H;3-6,10H,7-9H2,1-2H3,(H,14,16);6H,3-5,7H2,1-2H3;6-7H,3-5H2,1-2H3/t;10-;2*6-/m.000/s1. The van der Waals surface area contributed by atoms with Gasteiger partial charge in [-0.05, 0) is 116 Å². The number of nitro groups is 3. The number of rotatable bonds is 19. The van der Waals surface area contributed by atoms with E-state index in [1.807, 2.05) is 29.8 Å². The number of hydrogen-bond donors (Lipinski definition) is 3. The summed E-state index contributed by atoms with van der Waals surface area (Å²) < 4.78 is 14.7. The SMILES string of the molecule is CSCC[C@H](C)CN.CSCC[C@H](C)CNC(=O)Oc1ccc([N+](=O)[O-])cc1.CSCC[C@H](C)CO.O=C(Oc1ccc([N+](=O)[O-])cc1)Oc1ccc([N+](=O)[O-])cc1. The van der Waals surface area contributed by atoms with E-state index in [0.29, 0.717) is 30.9 Å². The van der Waals surface area contributed by atoms with Gasteiger partial charge in [-0.25, -0.2) is 9.59 Å². The number of nitrogens with two attached hydrogens (primary N) is 1. The van der Waals surface area contributed by atoms with Crippen LogP contribution in [0.3, 0.4) is 0 Å². The number of ether oxygens (including phenoxy) is 3. The third-order valence-corrected chi connectivity index (χ3v) is 9.44. The Bertz CT molecular complexity index is 1550. The number of aliphatic hydroxyl groups excluding tert-OH is 1. The van der Waals surface area contributed by atoms with Gasteiger partial charge in [-0.1, -0.05) is 20.8 Å². The Kier molecular flexibility index (Phi) is 29.8. The van der Waals surface area contributed by atoms with Crippen molar-refractivity contribution in [2.45, 2.75) is 40.0 Å². The van der Waals surface area contributed by atoms with E-state index in [4.69, 9.17) is 25.1 Å². The topological polar surface area (TPSA) is 250 Å². The minimum absolute atomic E-state index is 0.0385. The van der Waals surface area contributed by atoms with Crippen LogP contribution in [0.5, 0.6) is 17.2 Å². The number of non-ortho nitro benzene ring substituents is 3. The van der Waals surface area contributed by atoms with Gasteiger partial charge in [0, 0.05) is 49.5 Å². The normalized spacial score (nSPS) is 11.6. The molecule has 0 saturated heterocycles. The average molecular weight is 870 g/mol. The smallest absolute Gasteiger partial charge is 0.410 e. The summed E-state index contributed by atoms with van der Waals surface area (Å²) in [4.78, 5) is 52.8. The first-order valence-electron chi connectivity index (χ1n) is 18.0. The van der Waals surface area contributed by atoms with E-state index in [-0.39, 0.29) is 34.3 Å². The summed E-state index contributed by atoms with van der Waals surface area (Å²) in [6.07, 6.45) is 8.07. The Morgan fingerprint density at radius 1 is 0.621 bits per heavy atom. The Morgan fingerprint density at radius 2 is 0.948 bits per heavy atom. The number of benzene rings is 3. The van der Waals surface area contributed by atoms with Crippen LogP contribution in [0.2, 0.25) is 0 Å². The quantitative estimate of drug-likeness (QED) is 0.0440. The van der Waals surface area contributed by atoms with Gasteiger partial charge in [-0.15, -0.1) is 0 Å². The van der Waals surface area contributed by atoms with Crippen LogP contribution in [0, 0.1) is 48.1 Å². The summed E-state index contributed by atoms with van der Waals surface area (Å²) in [5, 5.41) is 42.7. The van der Waals surface area contributed by atoms with Gasteiger partial charge in [0.25, 0.3) is 17.1 Å². The van der Waals surface area contributed by atoms with Gasteiger partial charge >= 0.3 is 12.2 Å². The van der Waals surface area contributed by atoms with Gasteiger partial charge in [0.15, 0.2) is 0 Å². The second kappa shape index (κ2) is 32.3. The average Bonchev–Trinajstić information content (AvgIpc) is 3.21. The molecule has 0 spiro atoms. The van der Waals surface area contributed by atoms with Crippen LogP contribution >= 0.6 is 35.3 Å². The molecule has 0 heterocycles. The maximum atomic E-state index is 11.5. The van der Waals surface area contributed by atoms with Crippen molar-refractivity contribution < 1.29 is 43.7 Å². The molecule has 0 fully saturated rings. The summed E-state index contributed by atoms with van der Waals surface area (Å²) in [7, 11) is 0. The Labute approximate surface area is 352 Å². The van der Waals surface area contributed by atoms with E-state index in [0.717, 1.165) is 25.1 Å². The molecule has 0 aliphatic carbocycles. The Balaban J connectivity index is 0.000000824. The molecule has 0 aromatic heterocycles. The molecule has 322 valence electrons. The monoisotopic (exact) mass is 869 g/mol. The third kappa shape index (κ3) is 26.3. The van der Waals surface area contributed by atoms with E-state index in [1.165, 1.54) is 90.7 Å². The molecular weight excluding hydrogens is 815 g/mol. The third-order valence-electron chi connectivity index (χ3n) is 7.51. The van der Waals surface area contributed by atoms with E-state index in [9.17, 15) is 39.9 Å². The minimum atomic E-state index is -1.07. The molecular formula is C38H55N5O12S3. The maximum Gasteiger partial charge on any atom is 0.519 e. The van der Waals surface area contributed by atoms with Crippen LogP contribution in [0.1, 0.15) is 40.0 Å². The Hall–Kier alpha value is -4.63. The van der Waals surface area contributed by atoms with Crippen molar-refractivity contribution in [1.29, 1.82) is 0 Å².